The van der Waals surface area contributed by atoms with Gasteiger partial charge in [0.15, 0.2) is 16.6 Å². The fourth-order valence-electron chi connectivity index (χ4n) is 3.83. The molecule has 2 aliphatic rings. The number of aromatic nitrogens is 1. The Kier molecular flexibility index (Phi) is 5.33. The van der Waals surface area contributed by atoms with Gasteiger partial charge in [-0.15, -0.1) is 0 Å². The van der Waals surface area contributed by atoms with Gasteiger partial charge < -0.3 is 19.5 Å². The van der Waals surface area contributed by atoms with Crippen molar-refractivity contribution in [1.29, 1.82) is 0 Å². The molecule has 2 aromatic carbocycles. The van der Waals surface area contributed by atoms with Crippen molar-refractivity contribution >= 4 is 34.0 Å². The highest BCUT2D eigenvalue weighted by Crippen LogP contribution is 2.51. The van der Waals surface area contributed by atoms with E-state index < -0.39 is 5.41 Å². The normalized spacial score (nSPS) is 16.7. The third-order valence-corrected chi connectivity index (χ3v) is 6.93. The number of ether oxygens (including phenoxy) is 3. The molecule has 0 saturated heterocycles. The first-order valence-electron chi connectivity index (χ1n) is 10.1. The van der Waals surface area contributed by atoms with Crippen molar-refractivity contribution in [3.8, 4) is 11.5 Å². The molecule has 0 bridgehead atoms. The number of amides is 1. The Bertz CT molecular complexity index is 1130. The molecule has 1 aromatic heterocycles. The minimum Gasteiger partial charge on any atom is -0.454 e. The van der Waals surface area contributed by atoms with Gasteiger partial charge in [0.1, 0.15) is 6.10 Å². The van der Waals surface area contributed by atoms with E-state index in [4.69, 9.17) is 25.8 Å². The van der Waals surface area contributed by atoms with Crippen LogP contribution in [0.4, 0.5) is 5.13 Å². The molecule has 1 atom stereocenters. The Labute approximate surface area is 189 Å². The van der Waals surface area contributed by atoms with Crippen molar-refractivity contribution in [2.75, 3.05) is 18.7 Å². The maximum Gasteiger partial charge on any atom is 0.236 e. The van der Waals surface area contributed by atoms with Crippen LogP contribution in [0, 0.1) is 0 Å². The Morgan fingerprint density at radius 2 is 2.06 bits per heavy atom. The van der Waals surface area contributed by atoms with E-state index in [0.29, 0.717) is 28.3 Å². The van der Waals surface area contributed by atoms with Crippen molar-refractivity contribution in [1.82, 2.24) is 4.98 Å². The number of benzene rings is 2. The molecular weight excluding hydrogens is 436 g/mol. The summed E-state index contributed by atoms with van der Waals surface area (Å²) in [5.74, 6) is 1.34. The van der Waals surface area contributed by atoms with Crippen LogP contribution in [0.25, 0.3) is 0 Å². The Morgan fingerprint density at radius 1 is 1.26 bits per heavy atom. The van der Waals surface area contributed by atoms with Gasteiger partial charge in [-0.25, -0.2) is 4.98 Å². The van der Waals surface area contributed by atoms with Crippen molar-refractivity contribution in [2.45, 2.75) is 31.3 Å². The summed E-state index contributed by atoms with van der Waals surface area (Å²) < 4.78 is 16.8. The maximum absolute atomic E-state index is 13.2. The molecule has 160 valence electrons. The van der Waals surface area contributed by atoms with Gasteiger partial charge in [0, 0.05) is 23.4 Å². The van der Waals surface area contributed by atoms with Crippen LogP contribution < -0.4 is 14.8 Å². The predicted octanol–water partition coefficient (Wildman–Crippen LogP) is 5.32. The molecule has 5 rings (SSSR count). The number of carbonyl (C=O) groups is 1. The predicted molar refractivity (Wildman–Crippen MR) is 119 cm³/mol. The quantitative estimate of drug-likeness (QED) is 0.521. The van der Waals surface area contributed by atoms with E-state index in [1.807, 2.05) is 49.4 Å². The van der Waals surface area contributed by atoms with E-state index in [0.717, 1.165) is 28.8 Å². The van der Waals surface area contributed by atoms with Crippen molar-refractivity contribution in [2.24, 2.45) is 0 Å². The lowest BCUT2D eigenvalue weighted by atomic mass is 9.94. The number of rotatable bonds is 7. The van der Waals surface area contributed by atoms with E-state index in [1.165, 1.54) is 11.3 Å². The molecule has 1 saturated carbocycles. The fourth-order valence-corrected chi connectivity index (χ4v) is 4.94. The van der Waals surface area contributed by atoms with E-state index in [1.54, 1.807) is 6.20 Å². The molecule has 6 nitrogen and oxygen atoms in total. The van der Waals surface area contributed by atoms with Gasteiger partial charge in [-0.1, -0.05) is 47.2 Å². The number of halogens is 1. The zero-order chi connectivity index (χ0) is 21.4. The smallest absolute Gasteiger partial charge is 0.236 e. The fraction of sp³-hybridized carbons (Fsp3) is 0.304. The van der Waals surface area contributed by atoms with Gasteiger partial charge in [-0.05, 0) is 43.5 Å². The number of fused-ring (bicyclic) bond motifs is 1. The van der Waals surface area contributed by atoms with Gasteiger partial charge in [-0.3, -0.25) is 4.79 Å². The lowest BCUT2D eigenvalue weighted by Crippen LogP contribution is -2.27. The zero-order valence-electron chi connectivity index (χ0n) is 16.9. The van der Waals surface area contributed by atoms with Crippen molar-refractivity contribution in [3.63, 3.8) is 0 Å². The van der Waals surface area contributed by atoms with Gasteiger partial charge in [0.05, 0.1) is 10.3 Å². The van der Waals surface area contributed by atoms with Crippen LogP contribution in [0.3, 0.4) is 0 Å². The second kappa shape index (κ2) is 8.15. The lowest BCUT2D eigenvalue weighted by Gasteiger charge is -2.17. The molecule has 2 heterocycles. The molecule has 1 unspecified atom stereocenters. The topological polar surface area (TPSA) is 69.7 Å². The summed E-state index contributed by atoms with van der Waals surface area (Å²) in [6.07, 6.45) is 2.99. The number of carbonyl (C=O) groups excluding carboxylic acids is 1. The van der Waals surface area contributed by atoms with Crippen LogP contribution in [0.1, 0.15) is 41.9 Å². The summed E-state index contributed by atoms with van der Waals surface area (Å²) in [4.78, 5) is 18.5. The van der Waals surface area contributed by atoms with Crippen LogP contribution in [0.2, 0.25) is 5.02 Å². The van der Waals surface area contributed by atoms with Crippen LogP contribution in [0.15, 0.2) is 48.7 Å². The molecule has 1 N–H and O–H groups in total. The molecule has 0 spiro atoms. The second-order valence-electron chi connectivity index (χ2n) is 7.53. The van der Waals surface area contributed by atoms with Crippen molar-refractivity contribution in [3.05, 3.63) is 69.7 Å². The van der Waals surface area contributed by atoms with E-state index >= 15 is 0 Å². The van der Waals surface area contributed by atoms with Crippen LogP contribution >= 0.6 is 22.9 Å². The third kappa shape index (κ3) is 3.78. The molecule has 1 amide bonds. The highest BCUT2D eigenvalue weighted by Gasteiger charge is 2.52. The summed E-state index contributed by atoms with van der Waals surface area (Å²) in [7, 11) is 0. The average Bonchev–Trinajstić information content (AvgIpc) is 3.24. The number of hydrogen-bond donors (Lipinski definition) is 1. The minimum absolute atomic E-state index is 0.0574. The molecule has 1 aliphatic heterocycles. The number of anilines is 1. The SMILES string of the molecule is CCOC(c1cnc(NC(=O)C2(c3ccc4c(c3)OCO4)CC2)s1)c1ccccc1Cl. The second-order valence-corrected chi connectivity index (χ2v) is 9.00. The zero-order valence-corrected chi connectivity index (χ0v) is 18.5. The highest BCUT2D eigenvalue weighted by molar-refractivity contribution is 7.15. The monoisotopic (exact) mass is 456 g/mol. The van der Waals surface area contributed by atoms with Gasteiger partial charge in [0.25, 0.3) is 0 Å². The van der Waals surface area contributed by atoms with Crippen LogP contribution in [-0.4, -0.2) is 24.3 Å². The molecule has 0 radical (unpaired) electrons. The van der Waals surface area contributed by atoms with Gasteiger partial charge >= 0.3 is 0 Å². The summed E-state index contributed by atoms with van der Waals surface area (Å²) in [5.41, 5.74) is 1.27. The summed E-state index contributed by atoms with van der Waals surface area (Å²) in [6.45, 7) is 2.69. The van der Waals surface area contributed by atoms with Gasteiger partial charge in [0.2, 0.25) is 12.7 Å². The number of nitrogens with zero attached hydrogens (tertiary/aromatic N) is 1. The molecule has 1 aliphatic carbocycles. The number of nitrogens with one attached hydrogen (secondary N) is 1. The highest BCUT2D eigenvalue weighted by atomic mass is 35.5. The maximum atomic E-state index is 13.2. The molecule has 1 fully saturated rings. The van der Waals surface area contributed by atoms with Crippen molar-refractivity contribution < 1.29 is 19.0 Å². The summed E-state index contributed by atoms with van der Waals surface area (Å²) in [6, 6.07) is 13.3. The standard InChI is InChI=1S/C23H21ClN2O4S/c1-2-28-20(15-5-3-4-6-16(15)24)19-12-25-22(31-19)26-21(27)23(9-10-23)14-7-8-17-18(11-14)30-13-29-17/h3-8,11-12,20H,2,9-10,13H2,1H3,(H,25,26,27). The molecular formula is C23H21ClN2O4S. The molecule has 8 heteroatoms. The third-order valence-electron chi connectivity index (χ3n) is 5.63. The Balaban J connectivity index is 1.35. The van der Waals surface area contributed by atoms with E-state index in [2.05, 4.69) is 10.3 Å². The van der Waals surface area contributed by atoms with Crippen LogP contribution in [0.5, 0.6) is 11.5 Å². The molecule has 31 heavy (non-hydrogen) atoms. The summed E-state index contributed by atoms with van der Waals surface area (Å²) >= 11 is 7.79. The first-order valence-corrected chi connectivity index (χ1v) is 11.3. The van der Waals surface area contributed by atoms with Gasteiger partial charge in [-0.2, -0.15) is 0 Å². The Morgan fingerprint density at radius 3 is 2.84 bits per heavy atom. The van der Waals surface area contributed by atoms with E-state index in [-0.39, 0.29) is 18.8 Å². The van der Waals surface area contributed by atoms with E-state index in [9.17, 15) is 4.79 Å². The minimum atomic E-state index is -0.547. The number of thiazole rings is 1. The largest absolute Gasteiger partial charge is 0.454 e. The van der Waals surface area contributed by atoms with Crippen LogP contribution in [-0.2, 0) is 14.9 Å². The molecule has 3 aromatic rings. The first kappa shape index (κ1) is 20.3. The number of hydrogen-bond acceptors (Lipinski definition) is 6. The first-order chi connectivity index (χ1) is 15.1. The lowest BCUT2D eigenvalue weighted by molar-refractivity contribution is -0.118. The average molecular weight is 457 g/mol. The summed E-state index contributed by atoms with van der Waals surface area (Å²) in [5, 5.41) is 4.19. The Hall–Kier alpha value is -2.61.